The summed E-state index contributed by atoms with van der Waals surface area (Å²) in [6.45, 7) is 2.53. The summed E-state index contributed by atoms with van der Waals surface area (Å²) in [6.07, 6.45) is -0.468. The average Bonchev–Trinajstić information content (AvgIpc) is 3.03. The van der Waals surface area contributed by atoms with Gasteiger partial charge in [0.25, 0.3) is 5.56 Å². The first-order chi connectivity index (χ1) is 15.2. The molecule has 33 heavy (non-hydrogen) atoms. The quantitative estimate of drug-likeness (QED) is 0.0938. The second kappa shape index (κ2) is 11.4. The molecule has 17 nitrogen and oxygen atoms in total. The first-order valence-electron chi connectivity index (χ1n) is 8.77. The number of aromatic amines is 1. The van der Waals surface area contributed by atoms with Crippen LogP contribution in [0.2, 0.25) is 0 Å². The van der Waals surface area contributed by atoms with Crippen LogP contribution in [0.4, 0.5) is 0 Å². The number of nitrogens with zero attached hydrogens (tertiary/aromatic N) is 1. The van der Waals surface area contributed by atoms with E-state index in [1.165, 1.54) is 6.08 Å². The number of hydrogen-bond donors (Lipinski definition) is 5. The fraction of sp³-hybridized carbons (Fsp3) is 0.538. The van der Waals surface area contributed by atoms with Crippen LogP contribution >= 0.6 is 23.5 Å². The Balaban J connectivity index is 2.09. The van der Waals surface area contributed by atoms with Crippen molar-refractivity contribution in [2.75, 3.05) is 20.0 Å². The normalized spacial score (nSPS) is 24.8. The van der Waals surface area contributed by atoms with Gasteiger partial charge in [-0.1, -0.05) is 6.08 Å². The van der Waals surface area contributed by atoms with Gasteiger partial charge in [0.1, 0.15) is 19.1 Å². The molecule has 2 unspecified atom stereocenters. The molecule has 1 aromatic heterocycles. The molecule has 20 heteroatoms. The predicted octanol–water partition coefficient (Wildman–Crippen LogP) is -0.287. The van der Waals surface area contributed by atoms with Gasteiger partial charge >= 0.3 is 29.2 Å². The molecule has 0 amide bonds. The minimum absolute atomic E-state index is 0.00613. The molecular weight excluding hydrogens is 517 g/mol. The van der Waals surface area contributed by atoms with Crippen molar-refractivity contribution in [2.45, 2.75) is 24.9 Å². The van der Waals surface area contributed by atoms with Crippen LogP contribution in [0.25, 0.3) is 0 Å². The lowest BCUT2D eigenvalue weighted by Crippen LogP contribution is -2.31. The first-order valence-corrected chi connectivity index (χ1v) is 13.3. The van der Waals surface area contributed by atoms with Crippen LogP contribution in [0.15, 0.2) is 34.5 Å². The zero-order chi connectivity index (χ0) is 24.9. The van der Waals surface area contributed by atoms with E-state index in [1.807, 2.05) is 4.98 Å². The maximum Gasteiger partial charge on any atom is 0.490 e. The molecule has 2 rings (SSSR count). The van der Waals surface area contributed by atoms with E-state index in [2.05, 4.69) is 19.7 Å². The van der Waals surface area contributed by atoms with Gasteiger partial charge in [-0.3, -0.25) is 18.9 Å². The molecule has 0 spiro atoms. The topological polar surface area (TPSA) is 242 Å². The number of hydrogen-bond acceptors (Lipinski definition) is 11. The molecule has 188 valence electrons. The van der Waals surface area contributed by atoms with Crippen LogP contribution in [0.1, 0.15) is 12.6 Å². The minimum atomic E-state index is -5.69. The van der Waals surface area contributed by atoms with Crippen LogP contribution in [-0.2, 0) is 41.1 Å². The third-order valence-corrected chi connectivity index (χ3v) is 7.56. The lowest BCUT2D eigenvalue weighted by molar-refractivity contribution is -0.113. The number of ether oxygens (including phenoxy) is 3. The highest BCUT2D eigenvalue weighted by Crippen LogP contribution is 2.66. The van der Waals surface area contributed by atoms with E-state index in [-0.39, 0.29) is 19.8 Å². The third kappa shape index (κ3) is 9.47. The van der Waals surface area contributed by atoms with Crippen LogP contribution in [0.3, 0.4) is 0 Å². The molecule has 1 aliphatic heterocycles. The maximum atomic E-state index is 12.0. The van der Waals surface area contributed by atoms with Crippen molar-refractivity contribution in [3.8, 4) is 0 Å². The van der Waals surface area contributed by atoms with Crippen LogP contribution in [0.5, 0.6) is 0 Å². The fourth-order valence-electron chi connectivity index (χ4n) is 2.59. The summed E-state index contributed by atoms with van der Waals surface area (Å²) < 4.78 is 63.0. The van der Waals surface area contributed by atoms with Crippen molar-refractivity contribution in [3.63, 3.8) is 0 Å². The van der Waals surface area contributed by atoms with E-state index in [4.69, 9.17) is 24.0 Å². The summed E-state index contributed by atoms with van der Waals surface area (Å²) in [6, 6.07) is 1.06. The van der Waals surface area contributed by atoms with Gasteiger partial charge in [-0.05, 0) is 0 Å². The van der Waals surface area contributed by atoms with Gasteiger partial charge in [-0.25, -0.2) is 18.5 Å². The van der Waals surface area contributed by atoms with E-state index in [1.54, 1.807) is 0 Å². The highest BCUT2D eigenvalue weighted by atomic mass is 31.3. The zero-order valence-corrected chi connectivity index (χ0v) is 19.3. The molecule has 5 N–H and O–H groups in total. The molecule has 1 aromatic rings. The Morgan fingerprint density at radius 2 is 1.88 bits per heavy atom. The Bertz CT molecular complexity index is 1080. The molecule has 0 bridgehead atoms. The standard InChI is InChI=1S/C13H21N2O15P3/c1-2-5-25-8-26-9-6-12(15-4-3-11(16)14-13(15)17)28-10(9)7-27-32(21,22)30-33(23,24)29-31(18,19)20/h2-4,9-10,12H,1,5-8H2,(H,21,22)(H,23,24)(H,14,16,17)(H2,18,19,20)/t9-,10-,12-/m1/s1. The van der Waals surface area contributed by atoms with Gasteiger partial charge in [0.05, 0.1) is 19.3 Å². The number of phosphoric acid groups is 3. The van der Waals surface area contributed by atoms with Gasteiger partial charge in [-0.2, -0.15) is 8.62 Å². The molecule has 1 saturated heterocycles. The average molecular weight is 538 g/mol. The number of phosphoric ester groups is 1. The van der Waals surface area contributed by atoms with E-state index in [0.717, 1.165) is 16.8 Å². The molecule has 1 aliphatic rings. The second-order valence-corrected chi connectivity index (χ2v) is 10.7. The van der Waals surface area contributed by atoms with Gasteiger partial charge < -0.3 is 33.8 Å². The lowest BCUT2D eigenvalue weighted by atomic mass is 10.2. The van der Waals surface area contributed by atoms with Crippen molar-refractivity contribution < 1.29 is 60.6 Å². The van der Waals surface area contributed by atoms with E-state index < -0.39 is 59.8 Å². The molecule has 0 aliphatic carbocycles. The lowest BCUT2D eigenvalue weighted by Gasteiger charge is -2.21. The number of nitrogens with one attached hydrogen (secondary N) is 1. The van der Waals surface area contributed by atoms with Crippen LogP contribution < -0.4 is 11.2 Å². The molecule has 5 atom stereocenters. The third-order valence-electron chi connectivity index (χ3n) is 3.76. The Morgan fingerprint density at radius 1 is 1.18 bits per heavy atom. The molecule has 2 heterocycles. The van der Waals surface area contributed by atoms with E-state index in [9.17, 15) is 33.1 Å². The second-order valence-electron chi connectivity index (χ2n) is 6.25. The Hall–Kier alpha value is -1.29. The summed E-state index contributed by atoms with van der Waals surface area (Å²) in [5.74, 6) is 0. The summed E-state index contributed by atoms with van der Waals surface area (Å²) in [4.78, 5) is 61.2. The highest BCUT2D eigenvalue weighted by molar-refractivity contribution is 7.66. The summed E-state index contributed by atoms with van der Waals surface area (Å²) in [5.41, 5.74) is -1.45. The number of rotatable bonds is 13. The minimum Gasteiger partial charge on any atom is -0.351 e. The van der Waals surface area contributed by atoms with Gasteiger partial charge in [0, 0.05) is 18.7 Å². The number of aromatic nitrogens is 2. The molecule has 0 radical (unpaired) electrons. The van der Waals surface area contributed by atoms with Crippen molar-refractivity contribution >= 4 is 23.5 Å². The molecule has 0 aromatic carbocycles. The number of H-pyrrole nitrogens is 1. The maximum absolute atomic E-state index is 12.0. The van der Waals surface area contributed by atoms with Crippen LogP contribution in [0, 0.1) is 0 Å². The van der Waals surface area contributed by atoms with Crippen molar-refractivity contribution in [1.29, 1.82) is 0 Å². The largest absolute Gasteiger partial charge is 0.490 e. The Morgan fingerprint density at radius 3 is 2.48 bits per heavy atom. The van der Waals surface area contributed by atoms with Crippen molar-refractivity contribution in [2.24, 2.45) is 0 Å². The Kier molecular flexibility index (Phi) is 9.68. The molecule has 0 saturated carbocycles. The van der Waals surface area contributed by atoms with Gasteiger partial charge in [-0.15, -0.1) is 6.58 Å². The SMILES string of the molecule is C=CCOCO[C@@H]1C[C@H](n2ccc(=O)[nH]c2=O)O[C@@H]1COP(=O)(O)OP(=O)(O)OP(=O)(O)O. The van der Waals surface area contributed by atoms with Gasteiger partial charge in [0.15, 0.2) is 0 Å². The summed E-state index contributed by atoms with van der Waals surface area (Å²) in [7, 11) is -16.6. The van der Waals surface area contributed by atoms with Crippen LogP contribution in [-0.4, -0.2) is 61.3 Å². The molecule has 1 fully saturated rings. The summed E-state index contributed by atoms with van der Waals surface area (Å²) in [5, 5.41) is 0. The van der Waals surface area contributed by atoms with Crippen molar-refractivity contribution in [1.82, 2.24) is 9.55 Å². The smallest absolute Gasteiger partial charge is 0.351 e. The predicted molar refractivity (Wildman–Crippen MR) is 106 cm³/mol. The monoisotopic (exact) mass is 538 g/mol. The zero-order valence-electron chi connectivity index (χ0n) is 16.6. The van der Waals surface area contributed by atoms with Crippen molar-refractivity contribution in [3.05, 3.63) is 45.8 Å². The summed E-state index contributed by atoms with van der Waals surface area (Å²) >= 11 is 0. The molecular formula is C13H21N2O15P3. The first kappa shape index (κ1) is 28.0. The highest BCUT2D eigenvalue weighted by Gasteiger charge is 2.43. The Labute approximate surface area is 184 Å². The fourth-order valence-corrected chi connectivity index (χ4v) is 5.62. The van der Waals surface area contributed by atoms with E-state index >= 15 is 0 Å². The van der Waals surface area contributed by atoms with E-state index in [0.29, 0.717) is 0 Å². The van der Waals surface area contributed by atoms with Gasteiger partial charge in [0.2, 0.25) is 0 Å².